The molecule has 0 bridgehead atoms. The minimum Gasteiger partial charge on any atom is -0.370 e. The molecule has 0 radical (unpaired) electrons. The zero-order valence-corrected chi connectivity index (χ0v) is 13.5. The van der Waals surface area contributed by atoms with Crippen LogP contribution in [0.2, 0.25) is 0 Å². The molecule has 118 valence electrons. The quantitative estimate of drug-likeness (QED) is 0.796. The van der Waals surface area contributed by atoms with Crippen LogP contribution in [0.3, 0.4) is 0 Å². The molecule has 0 amide bonds. The SMILES string of the molecule is CC1(Cn2cnc3ccc(C#N)cc32)CC2(CCC13CC3)CO2. The lowest BCUT2D eigenvalue weighted by Gasteiger charge is -2.45. The number of rotatable bonds is 2. The van der Waals surface area contributed by atoms with Gasteiger partial charge in [0.15, 0.2) is 0 Å². The normalized spacial score (nSPS) is 33.9. The molecule has 2 heterocycles. The zero-order chi connectivity index (χ0) is 15.7. The van der Waals surface area contributed by atoms with E-state index in [4.69, 9.17) is 4.74 Å². The predicted octanol–water partition coefficient (Wildman–Crippen LogP) is 3.65. The highest BCUT2D eigenvalue weighted by Gasteiger charge is 2.65. The lowest BCUT2D eigenvalue weighted by molar-refractivity contribution is 0.0219. The van der Waals surface area contributed by atoms with Crippen LogP contribution < -0.4 is 0 Å². The van der Waals surface area contributed by atoms with Crippen LogP contribution in [0, 0.1) is 22.2 Å². The van der Waals surface area contributed by atoms with Gasteiger partial charge in [-0.1, -0.05) is 6.92 Å². The molecule has 2 aliphatic carbocycles. The standard InChI is InChI=1S/C19H21N3O/c1-17(10-19(12-23-19)7-6-18(17)4-5-18)11-22-13-21-15-3-2-14(9-20)8-16(15)22/h2-3,8,13H,4-7,10-12H2,1H3. The van der Waals surface area contributed by atoms with E-state index in [1.54, 1.807) is 0 Å². The van der Waals surface area contributed by atoms with Crippen molar-refractivity contribution in [1.82, 2.24) is 9.55 Å². The van der Waals surface area contributed by atoms with Gasteiger partial charge < -0.3 is 9.30 Å². The van der Waals surface area contributed by atoms with Crippen molar-refractivity contribution in [2.75, 3.05) is 6.61 Å². The van der Waals surface area contributed by atoms with Crippen LogP contribution in [-0.2, 0) is 11.3 Å². The van der Waals surface area contributed by atoms with E-state index in [1.807, 2.05) is 24.5 Å². The van der Waals surface area contributed by atoms with E-state index < -0.39 is 0 Å². The van der Waals surface area contributed by atoms with Gasteiger partial charge in [-0.2, -0.15) is 5.26 Å². The van der Waals surface area contributed by atoms with Gasteiger partial charge >= 0.3 is 0 Å². The van der Waals surface area contributed by atoms with Gasteiger partial charge in [0.25, 0.3) is 0 Å². The summed E-state index contributed by atoms with van der Waals surface area (Å²) in [6, 6.07) is 8.00. The number of nitriles is 1. The molecule has 1 aliphatic heterocycles. The average Bonchev–Trinajstić information content (AvgIpc) is 3.45. The third-order valence-corrected chi connectivity index (χ3v) is 6.73. The summed E-state index contributed by atoms with van der Waals surface area (Å²) >= 11 is 0. The molecular formula is C19H21N3O. The molecule has 2 unspecified atom stereocenters. The van der Waals surface area contributed by atoms with E-state index >= 15 is 0 Å². The molecule has 2 aromatic rings. The first kappa shape index (κ1) is 13.6. The van der Waals surface area contributed by atoms with Crippen LogP contribution in [0.5, 0.6) is 0 Å². The Morgan fingerprint density at radius 1 is 1.30 bits per heavy atom. The fourth-order valence-electron chi connectivity index (χ4n) is 4.96. The first-order chi connectivity index (χ1) is 11.1. The van der Waals surface area contributed by atoms with Crippen molar-refractivity contribution >= 4 is 11.0 Å². The highest BCUT2D eigenvalue weighted by molar-refractivity contribution is 5.77. The molecule has 2 saturated carbocycles. The van der Waals surface area contributed by atoms with Crippen molar-refractivity contribution in [2.24, 2.45) is 10.8 Å². The van der Waals surface area contributed by atoms with Gasteiger partial charge in [-0.3, -0.25) is 0 Å². The summed E-state index contributed by atoms with van der Waals surface area (Å²) in [4.78, 5) is 4.53. The first-order valence-electron chi connectivity index (χ1n) is 8.56. The fraction of sp³-hybridized carbons (Fsp3) is 0.579. The van der Waals surface area contributed by atoms with Gasteiger partial charge in [-0.25, -0.2) is 4.98 Å². The first-order valence-corrected chi connectivity index (χ1v) is 8.56. The Balaban J connectivity index is 1.54. The van der Waals surface area contributed by atoms with Crippen LogP contribution in [0.4, 0.5) is 0 Å². The number of fused-ring (bicyclic) bond motifs is 1. The van der Waals surface area contributed by atoms with E-state index in [1.165, 1.54) is 25.7 Å². The number of imidazole rings is 1. The van der Waals surface area contributed by atoms with Gasteiger partial charge in [0.1, 0.15) is 0 Å². The van der Waals surface area contributed by atoms with Crippen molar-refractivity contribution in [3.05, 3.63) is 30.1 Å². The van der Waals surface area contributed by atoms with Crippen LogP contribution >= 0.6 is 0 Å². The Labute approximate surface area is 136 Å². The monoisotopic (exact) mass is 307 g/mol. The summed E-state index contributed by atoms with van der Waals surface area (Å²) in [5.74, 6) is 0. The van der Waals surface area contributed by atoms with E-state index in [9.17, 15) is 5.26 Å². The summed E-state index contributed by atoms with van der Waals surface area (Å²) in [6.45, 7) is 4.37. The third-order valence-electron chi connectivity index (χ3n) is 6.73. The number of epoxide rings is 1. The lowest BCUT2D eigenvalue weighted by atomic mass is 9.61. The molecule has 23 heavy (non-hydrogen) atoms. The topological polar surface area (TPSA) is 54.1 Å². The number of hydrogen-bond acceptors (Lipinski definition) is 3. The molecule has 1 saturated heterocycles. The summed E-state index contributed by atoms with van der Waals surface area (Å²) in [5, 5.41) is 9.17. The van der Waals surface area contributed by atoms with Gasteiger partial charge in [0, 0.05) is 6.54 Å². The van der Waals surface area contributed by atoms with E-state index in [0.717, 1.165) is 30.6 Å². The van der Waals surface area contributed by atoms with E-state index in [-0.39, 0.29) is 11.0 Å². The summed E-state index contributed by atoms with van der Waals surface area (Å²) in [5.41, 5.74) is 3.71. The van der Waals surface area contributed by atoms with Crippen LogP contribution in [0.1, 0.15) is 44.6 Å². The van der Waals surface area contributed by atoms with Crippen molar-refractivity contribution in [2.45, 2.75) is 51.2 Å². The van der Waals surface area contributed by atoms with Gasteiger partial charge in [-0.15, -0.1) is 0 Å². The maximum atomic E-state index is 9.17. The molecule has 0 N–H and O–H groups in total. The van der Waals surface area contributed by atoms with Crippen LogP contribution in [0.15, 0.2) is 24.5 Å². The van der Waals surface area contributed by atoms with E-state index in [2.05, 4.69) is 22.5 Å². The molecule has 2 atom stereocenters. The van der Waals surface area contributed by atoms with Crippen LogP contribution in [-0.4, -0.2) is 21.8 Å². The average molecular weight is 307 g/mol. The predicted molar refractivity (Wildman–Crippen MR) is 86.8 cm³/mol. The fourth-order valence-corrected chi connectivity index (χ4v) is 4.96. The van der Waals surface area contributed by atoms with Gasteiger partial charge in [-0.05, 0) is 61.1 Å². The Morgan fingerprint density at radius 2 is 2.09 bits per heavy atom. The molecule has 3 fully saturated rings. The summed E-state index contributed by atoms with van der Waals surface area (Å²) in [7, 11) is 0. The highest BCUT2D eigenvalue weighted by atomic mass is 16.6. The Hall–Kier alpha value is -1.86. The van der Waals surface area contributed by atoms with Crippen molar-refractivity contribution in [3.8, 4) is 6.07 Å². The molecule has 4 nitrogen and oxygen atoms in total. The highest BCUT2D eigenvalue weighted by Crippen LogP contribution is 2.70. The number of benzene rings is 1. The minimum absolute atomic E-state index is 0.177. The number of ether oxygens (including phenoxy) is 1. The van der Waals surface area contributed by atoms with Gasteiger partial charge in [0.05, 0.1) is 41.2 Å². The molecule has 1 aromatic carbocycles. The second-order valence-corrected chi connectivity index (χ2v) is 8.18. The molecule has 5 rings (SSSR count). The smallest absolute Gasteiger partial charge is 0.0992 e. The molecule has 1 aromatic heterocycles. The number of hydrogen-bond donors (Lipinski definition) is 0. The lowest BCUT2D eigenvalue weighted by Crippen LogP contribution is -2.43. The minimum atomic E-state index is 0.177. The van der Waals surface area contributed by atoms with E-state index in [0.29, 0.717) is 11.0 Å². The molecule has 3 aliphatic rings. The number of aromatic nitrogens is 2. The maximum Gasteiger partial charge on any atom is 0.0992 e. The maximum absolute atomic E-state index is 9.17. The van der Waals surface area contributed by atoms with Crippen molar-refractivity contribution < 1.29 is 4.74 Å². The molecular weight excluding hydrogens is 286 g/mol. The van der Waals surface area contributed by atoms with Crippen LogP contribution in [0.25, 0.3) is 11.0 Å². The van der Waals surface area contributed by atoms with Gasteiger partial charge in [0.2, 0.25) is 0 Å². The zero-order valence-electron chi connectivity index (χ0n) is 13.5. The summed E-state index contributed by atoms with van der Waals surface area (Å²) < 4.78 is 8.09. The second-order valence-electron chi connectivity index (χ2n) is 8.18. The largest absolute Gasteiger partial charge is 0.370 e. The van der Waals surface area contributed by atoms with Crippen molar-refractivity contribution in [3.63, 3.8) is 0 Å². The third kappa shape index (κ3) is 1.89. The Kier molecular flexibility index (Phi) is 2.45. The molecule has 4 heteroatoms. The number of nitrogens with zero attached hydrogens (tertiary/aromatic N) is 3. The summed E-state index contributed by atoms with van der Waals surface area (Å²) in [6.07, 6.45) is 8.37. The Bertz CT molecular complexity index is 838. The van der Waals surface area contributed by atoms with Crippen molar-refractivity contribution in [1.29, 1.82) is 5.26 Å². The second kappa shape index (κ2) is 4.15. The Morgan fingerprint density at radius 3 is 2.78 bits per heavy atom. The molecule has 2 spiro atoms.